The van der Waals surface area contributed by atoms with Gasteiger partial charge in [0.05, 0.1) is 6.26 Å². The number of sulfonamides is 1. The Kier molecular flexibility index (Phi) is 3.28. The normalized spacial score (nSPS) is 11.0. The number of nitrogens with one attached hydrogen (secondary N) is 1. The smallest absolute Gasteiger partial charge is 0.264 e. The van der Waals surface area contributed by atoms with Crippen molar-refractivity contribution in [2.24, 2.45) is 0 Å². The fourth-order valence-electron chi connectivity index (χ4n) is 0.857. The molecule has 0 aliphatic rings. The largest absolute Gasteiger partial charge is 0.268 e. The van der Waals surface area contributed by atoms with Crippen LogP contribution in [-0.2, 0) is 10.0 Å². The van der Waals surface area contributed by atoms with Gasteiger partial charge in [0, 0.05) is 10.0 Å². The molecule has 0 atom stereocenters. The van der Waals surface area contributed by atoms with Crippen molar-refractivity contribution in [3.05, 3.63) is 34.3 Å². The van der Waals surface area contributed by atoms with Crippen molar-refractivity contribution in [3.8, 4) is 0 Å². The van der Waals surface area contributed by atoms with Gasteiger partial charge in [0.2, 0.25) is 10.0 Å². The summed E-state index contributed by atoms with van der Waals surface area (Å²) in [5.41, 5.74) is 0.296. The zero-order valence-corrected chi connectivity index (χ0v) is 9.72. The molecule has 0 aliphatic heterocycles. The lowest BCUT2D eigenvalue weighted by Gasteiger charge is -2.02. The summed E-state index contributed by atoms with van der Waals surface area (Å²) in [6.45, 7) is 0. The van der Waals surface area contributed by atoms with Crippen LogP contribution in [0.5, 0.6) is 0 Å². The summed E-state index contributed by atoms with van der Waals surface area (Å²) in [6, 6.07) is 6.48. The van der Waals surface area contributed by atoms with E-state index in [1.54, 1.807) is 18.2 Å². The van der Waals surface area contributed by atoms with E-state index in [1.807, 2.05) is 4.72 Å². The average molecular weight is 278 g/mol. The van der Waals surface area contributed by atoms with Gasteiger partial charge in [0.1, 0.15) is 0 Å². The number of carbonyl (C=O) groups excluding carboxylic acids is 1. The number of carbonyl (C=O) groups is 1. The van der Waals surface area contributed by atoms with Crippen LogP contribution in [0.3, 0.4) is 0 Å². The van der Waals surface area contributed by atoms with Crippen LogP contribution in [0.15, 0.2) is 28.7 Å². The van der Waals surface area contributed by atoms with E-state index in [-0.39, 0.29) is 0 Å². The summed E-state index contributed by atoms with van der Waals surface area (Å²) in [6.07, 6.45) is 0.933. The number of hydrogen-bond donors (Lipinski definition) is 1. The first-order valence-electron chi connectivity index (χ1n) is 3.66. The first kappa shape index (κ1) is 11.2. The minimum absolute atomic E-state index is 0.296. The molecule has 0 spiro atoms. The third-order valence-corrected chi connectivity index (χ3v) is 2.41. The van der Waals surface area contributed by atoms with Gasteiger partial charge in [0.25, 0.3) is 5.91 Å². The number of benzene rings is 1. The van der Waals surface area contributed by atoms with Crippen LogP contribution >= 0.6 is 15.9 Å². The minimum Gasteiger partial charge on any atom is -0.268 e. The van der Waals surface area contributed by atoms with Gasteiger partial charge in [-0.15, -0.1) is 0 Å². The molecule has 0 saturated heterocycles. The fraction of sp³-hybridized carbons (Fsp3) is 0.125. The summed E-state index contributed by atoms with van der Waals surface area (Å²) in [7, 11) is -3.50. The SMILES string of the molecule is CS(=O)(=O)NC(=O)c1cccc(Br)c1. The summed E-state index contributed by atoms with van der Waals surface area (Å²) in [4.78, 5) is 11.3. The Morgan fingerprint density at radius 3 is 2.57 bits per heavy atom. The highest BCUT2D eigenvalue weighted by Crippen LogP contribution is 2.11. The molecular formula is C8H8BrNO3S. The molecule has 6 heteroatoms. The maximum atomic E-state index is 11.3. The number of rotatable bonds is 2. The van der Waals surface area contributed by atoms with Crippen molar-refractivity contribution in [1.82, 2.24) is 4.72 Å². The predicted octanol–water partition coefficient (Wildman–Crippen LogP) is 1.14. The molecule has 1 amide bonds. The maximum Gasteiger partial charge on any atom is 0.264 e. The van der Waals surface area contributed by atoms with E-state index in [2.05, 4.69) is 15.9 Å². The zero-order valence-electron chi connectivity index (χ0n) is 7.32. The summed E-state index contributed by atoms with van der Waals surface area (Å²) in [5.74, 6) is -0.631. The van der Waals surface area contributed by atoms with Crippen LogP contribution in [-0.4, -0.2) is 20.6 Å². The third-order valence-electron chi connectivity index (χ3n) is 1.36. The number of amides is 1. The molecule has 1 aromatic rings. The lowest BCUT2D eigenvalue weighted by Crippen LogP contribution is -2.29. The third kappa shape index (κ3) is 3.47. The highest BCUT2D eigenvalue weighted by atomic mass is 79.9. The average Bonchev–Trinajstić information content (AvgIpc) is 2.01. The summed E-state index contributed by atoms with van der Waals surface area (Å²) in [5, 5.41) is 0. The molecule has 0 heterocycles. The molecule has 1 rings (SSSR count). The maximum absolute atomic E-state index is 11.3. The lowest BCUT2D eigenvalue weighted by molar-refractivity contribution is 0.0981. The van der Waals surface area contributed by atoms with Crippen molar-refractivity contribution in [3.63, 3.8) is 0 Å². The molecular weight excluding hydrogens is 270 g/mol. The Bertz CT molecular complexity index is 455. The molecule has 0 bridgehead atoms. The standard InChI is InChI=1S/C8H8BrNO3S/c1-14(12,13)10-8(11)6-3-2-4-7(9)5-6/h2-5H,1H3,(H,10,11). The van der Waals surface area contributed by atoms with E-state index in [4.69, 9.17) is 0 Å². The van der Waals surface area contributed by atoms with Gasteiger partial charge in [-0.25, -0.2) is 13.1 Å². The second kappa shape index (κ2) is 4.10. The Morgan fingerprint density at radius 1 is 1.43 bits per heavy atom. The topological polar surface area (TPSA) is 63.2 Å². The monoisotopic (exact) mass is 277 g/mol. The highest BCUT2D eigenvalue weighted by molar-refractivity contribution is 9.10. The first-order valence-corrected chi connectivity index (χ1v) is 6.34. The van der Waals surface area contributed by atoms with Crippen LogP contribution in [0.1, 0.15) is 10.4 Å². The van der Waals surface area contributed by atoms with E-state index in [1.165, 1.54) is 6.07 Å². The van der Waals surface area contributed by atoms with Crippen LogP contribution in [0.25, 0.3) is 0 Å². The van der Waals surface area contributed by atoms with Gasteiger partial charge in [0.15, 0.2) is 0 Å². The molecule has 0 aromatic heterocycles. The zero-order chi connectivity index (χ0) is 10.8. The van der Waals surface area contributed by atoms with Crippen LogP contribution < -0.4 is 4.72 Å². The molecule has 0 aliphatic carbocycles. The molecule has 14 heavy (non-hydrogen) atoms. The van der Waals surface area contributed by atoms with Crippen molar-refractivity contribution in [2.45, 2.75) is 0 Å². The van der Waals surface area contributed by atoms with E-state index in [0.717, 1.165) is 10.7 Å². The number of hydrogen-bond acceptors (Lipinski definition) is 3. The Balaban J connectivity index is 2.91. The van der Waals surface area contributed by atoms with E-state index >= 15 is 0 Å². The van der Waals surface area contributed by atoms with Gasteiger partial charge < -0.3 is 0 Å². The quantitative estimate of drug-likeness (QED) is 0.882. The summed E-state index contributed by atoms with van der Waals surface area (Å²) >= 11 is 3.18. The fourth-order valence-corrected chi connectivity index (χ4v) is 1.71. The van der Waals surface area contributed by atoms with E-state index < -0.39 is 15.9 Å². The Labute approximate surface area is 90.5 Å². The highest BCUT2D eigenvalue weighted by Gasteiger charge is 2.10. The molecule has 0 radical (unpaired) electrons. The molecule has 0 saturated carbocycles. The van der Waals surface area contributed by atoms with Crippen molar-refractivity contribution in [2.75, 3.05) is 6.26 Å². The lowest BCUT2D eigenvalue weighted by atomic mass is 10.2. The summed E-state index contributed by atoms with van der Waals surface area (Å²) < 4.78 is 24.1. The molecule has 1 aromatic carbocycles. The molecule has 0 unspecified atom stereocenters. The minimum atomic E-state index is -3.50. The van der Waals surface area contributed by atoms with Gasteiger partial charge in [-0.1, -0.05) is 22.0 Å². The van der Waals surface area contributed by atoms with Crippen LogP contribution in [0.2, 0.25) is 0 Å². The van der Waals surface area contributed by atoms with Crippen molar-refractivity contribution in [1.29, 1.82) is 0 Å². The van der Waals surface area contributed by atoms with Crippen molar-refractivity contribution >= 4 is 31.9 Å². The van der Waals surface area contributed by atoms with Crippen LogP contribution in [0, 0.1) is 0 Å². The first-order chi connectivity index (χ1) is 6.38. The molecule has 4 nitrogen and oxygen atoms in total. The van der Waals surface area contributed by atoms with Gasteiger partial charge in [-0.05, 0) is 18.2 Å². The predicted molar refractivity (Wildman–Crippen MR) is 56.5 cm³/mol. The van der Waals surface area contributed by atoms with Crippen molar-refractivity contribution < 1.29 is 13.2 Å². The Morgan fingerprint density at radius 2 is 2.07 bits per heavy atom. The van der Waals surface area contributed by atoms with E-state index in [9.17, 15) is 13.2 Å². The second-order valence-corrected chi connectivity index (χ2v) is 5.38. The molecule has 0 fully saturated rings. The van der Waals surface area contributed by atoms with Gasteiger partial charge in [-0.3, -0.25) is 4.79 Å². The van der Waals surface area contributed by atoms with Gasteiger partial charge >= 0.3 is 0 Å². The van der Waals surface area contributed by atoms with E-state index in [0.29, 0.717) is 5.56 Å². The molecule has 76 valence electrons. The van der Waals surface area contributed by atoms with Gasteiger partial charge in [-0.2, -0.15) is 0 Å². The van der Waals surface area contributed by atoms with Crippen LogP contribution in [0.4, 0.5) is 0 Å². The second-order valence-electron chi connectivity index (χ2n) is 2.71. The molecule has 1 N–H and O–H groups in total. The number of halogens is 1. The Hall–Kier alpha value is -0.880.